The minimum atomic E-state index is -1.62. The van der Waals surface area contributed by atoms with Crippen molar-refractivity contribution in [2.75, 3.05) is 26.3 Å². The third-order valence-electron chi connectivity index (χ3n) is 3.25. The summed E-state index contributed by atoms with van der Waals surface area (Å²) < 4.78 is 11.7. The summed E-state index contributed by atoms with van der Waals surface area (Å²) in [4.78, 5) is 5.49. The molecule has 10 heteroatoms. The molecule has 0 heterocycles. The molecule has 1 aromatic rings. The van der Waals surface area contributed by atoms with Crippen LogP contribution in [0.4, 0.5) is 0 Å². The van der Waals surface area contributed by atoms with Gasteiger partial charge in [0.05, 0.1) is 37.4 Å². The van der Waals surface area contributed by atoms with Gasteiger partial charge in [0.15, 0.2) is 0 Å². The molecular weight excluding hydrogens is 412 g/mol. The highest BCUT2D eigenvalue weighted by Crippen LogP contribution is 2.29. The number of hydrogen-bond donors (Lipinski definition) is 0. The average Bonchev–Trinajstić information content (AvgIpc) is 2.65. The van der Waals surface area contributed by atoms with E-state index < -0.39 is 16.1 Å². The summed E-state index contributed by atoms with van der Waals surface area (Å²) >= 11 is 0. The minimum Gasteiger partial charge on any atom is -0.492 e. The van der Waals surface area contributed by atoms with E-state index in [-0.39, 0.29) is 26.3 Å². The van der Waals surface area contributed by atoms with Crippen LogP contribution >= 0.6 is 0 Å². The van der Waals surface area contributed by atoms with Crippen molar-refractivity contribution >= 4 is 16.1 Å². The van der Waals surface area contributed by atoms with Gasteiger partial charge in [0.2, 0.25) is 0 Å². The number of benzene rings is 1. The second-order valence-electron chi connectivity index (χ2n) is 8.45. The van der Waals surface area contributed by atoms with Crippen LogP contribution in [0.2, 0.25) is 39.3 Å². The molecule has 0 saturated heterocycles. The van der Waals surface area contributed by atoms with Crippen LogP contribution in [0.5, 0.6) is 11.5 Å². The van der Waals surface area contributed by atoms with Gasteiger partial charge in [-0.2, -0.15) is 0 Å². The highest BCUT2D eigenvalue weighted by atomic mass is 28.3. The summed E-state index contributed by atoms with van der Waals surface area (Å²) in [7, 11) is -3.23. The van der Waals surface area contributed by atoms with E-state index in [1.54, 1.807) is 0 Å². The molecule has 0 saturated carbocycles. The molecule has 8 nitrogen and oxygen atoms in total. The Morgan fingerprint density at radius 3 is 1.43 bits per heavy atom. The van der Waals surface area contributed by atoms with E-state index in [9.17, 15) is 0 Å². The lowest BCUT2D eigenvalue weighted by Crippen LogP contribution is -2.16. The highest BCUT2D eigenvalue weighted by Gasteiger charge is 2.14. The quantitative estimate of drug-likeness (QED) is 0.132. The lowest BCUT2D eigenvalue weighted by molar-refractivity contribution is 0.317. The van der Waals surface area contributed by atoms with Gasteiger partial charge in [0, 0.05) is 22.0 Å². The summed E-state index contributed by atoms with van der Waals surface area (Å²) in [6, 6.07) is 3.64. The number of rotatable bonds is 8. The van der Waals surface area contributed by atoms with Crippen LogP contribution in [0.15, 0.2) is 22.4 Å². The van der Waals surface area contributed by atoms with Gasteiger partial charge in [-0.3, -0.25) is 0 Å². The summed E-state index contributed by atoms with van der Waals surface area (Å²) in [5, 5.41) is 7.02. The van der Waals surface area contributed by atoms with E-state index in [0.29, 0.717) is 22.6 Å². The third kappa shape index (κ3) is 10.5. The number of nitrogens with zero attached hydrogens (tertiary/aromatic N) is 6. The van der Waals surface area contributed by atoms with Crippen LogP contribution in [-0.4, -0.2) is 42.5 Å². The molecule has 1 rings (SSSR count). The molecule has 0 aliphatic heterocycles. The van der Waals surface area contributed by atoms with E-state index in [2.05, 4.69) is 82.3 Å². The van der Waals surface area contributed by atoms with Crippen LogP contribution in [0.1, 0.15) is 11.1 Å². The van der Waals surface area contributed by atoms with Crippen molar-refractivity contribution in [3.63, 3.8) is 0 Å². The van der Waals surface area contributed by atoms with Gasteiger partial charge in [-0.1, -0.05) is 61.4 Å². The predicted octanol–water partition coefficient (Wildman–Crippen LogP) is 5.52. The molecule has 0 bridgehead atoms. The van der Waals surface area contributed by atoms with Crippen LogP contribution in [0.3, 0.4) is 0 Å². The molecule has 0 fully saturated rings. The van der Waals surface area contributed by atoms with Gasteiger partial charge in [-0.15, -0.1) is 11.1 Å². The SMILES string of the molecule is C[Si](C)(C)C#Cc1cc(OCCN=[N+]=[N-])c(C#C[Si](C)(C)C)cc1OCCN=[N+]=[N-]. The zero-order valence-electron chi connectivity index (χ0n) is 18.5. The Bertz CT molecular complexity index is 882. The van der Waals surface area contributed by atoms with Crippen LogP contribution < -0.4 is 9.47 Å². The smallest absolute Gasteiger partial charge is 0.136 e. The van der Waals surface area contributed by atoms with Gasteiger partial charge in [-0.05, 0) is 11.1 Å². The molecule has 0 aromatic heterocycles. The summed E-state index contributed by atoms with van der Waals surface area (Å²) in [6.07, 6.45) is 0. The lowest BCUT2D eigenvalue weighted by Gasteiger charge is -2.14. The average molecular weight is 441 g/mol. The van der Waals surface area contributed by atoms with Crippen molar-refractivity contribution in [1.29, 1.82) is 0 Å². The van der Waals surface area contributed by atoms with Gasteiger partial charge in [0.1, 0.15) is 27.6 Å². The number of hydrogen-bond acceptors (Lipinski definition) is 4. The first-order chi connectivity index (χ1) is 14.1. The predicted molar refractivity (Wildman–Crippen MR) is 126 cm³/mol. The lowest BCUT2D eigenvalue weighted by atomic mass is 10.1. The number of ether oxygens (including phenoxy) is 2. The molecule has 0 aliphatic rings. The van der Waals surface area contributed by atoms with Crippen molar-refractivity contribution in [3.05, 3.63) is 44.1 Å². The summed E-state index contributed by atoms with van der Waals surface area (Å²) in [5.74, 6) is 7.59. The van der Waals surface area contributed by atoms with E-state index >= 15 is 0 Å². The van der Waals surface area contributed by atoms with Crippen LogP contribution in [0, 0.1) is 22.9 Å². The van der Waals surface area contributed by atoms with E-state index in [4.69, 9.17) is 20.5 Å². The Balaban J connectivity index is 3.45. The maximum atomic E-state index is 8.46. The molecule has 158 valence electrons. The fourth-order valence-electron chi connectivity index (χ4n) is 1.99. The summed E-state index contributed by atoms with van der Waals surface area (Å²) in [5.41, 5.74) is 25.0. The number of azide groups is 2. The van der Waals surface area contributed by atoms with Crippen LogP contribution in [0.25, 0.3) is 20.9 Å². The van der Waals surface area contributed by atoms with Crippen molar-refractivity contribution in [2.24, 2.45) is 10.2 Å². The molecule has 0 atom stereocenters. The first-order valence-corrected chi connectivity index (χ1v) is 16.6. The fourth-order valence-corrected chi connectivity index (χ4v) is 3.01. The van der Waals surface area contributed by atoms with Gasteiger partial charge in [0.25, 0.3) is 0 Å². The first kappa shape index (κ1) is 25.0. The van der Waals surface area contributed by atoms with Crippen molar-refractivity contribution in [1.82, 2.24) is 0 Å². The van der Waals surface area contributed by atoms with E-state index in [0.717, 1.165) is 0 Å². The van der Waals surface area contributed by atoms with Gasteiger partial charge < -0.3 is 9.47 Å². The monoisotopic (exact) mass is 440 g/mol. The second kappa shape index (κ2) is 11.9. The summed E-state index contributed by atoms with van der Waals surface area (Å²) in [6.45, 7) is 13.9. The zero-order valence-corrected chi connectivity index (χ0v) is 20.5. The zero-order chi connectivity index (χ0) is 22.6. The molecule has 0 radical (unpaired) electrons. The Hall–Kier alpha value is -3.01. The topological polar surface area (TPSA) is 116 Å². The molecule has 0 amide bonds. The van der Waals surface area contributed by atoms with Gasteiger partial charge >= 0.3 is 0 Å². The maximum Gasteiger partial charge on any atom is 0.136 e. The standard InChI is InChI=1S/C20H28N6O2Si2/c1-29(2,3)13-7-17-15-20(28-12-10-24-26-22)18(8-14-30(4,5)6)16-19(17)27-11-9-23-25-21/h15-16H,9-12H2,1-6H3. The largest absolute Gasteiger partial charge is 0.492 e. The molecular formula is C20H28N6O2Si2. The molecule has 1 aromatic carbocycles. The van der Waals surface area contributed by atoms with Crippen molar-refractivity contribution < 1.29 is 9.47 Å². The Kier molecular flexibility index (Phi) is 9.90. The minimum absolute atomic E-state index is 0.220. The molecule has 0 unspecified atom stereocenters. The third-order valence-corrected chi connectivity index (χ3v) is 5.00. The molecule has 0 N–H and O–H groups in total. The van der Waals surface area contributed by atoms with E-state index in [1.807, 2.05) is 12.1 Å². The second-order valence-corrected chi connectivity index (χ2v) is 18.0. The normalized spacial score (nSPS) is 10.3. The van der Waals surface area contributed by atoms with Crippen molar-refractivity contribution in [3.8, 4) is 34.4 Å². The first-order valence-electron chi connectivity index (χ1n) is 9.57. The Labute approximate surface area is 180 Å². The van der Waals surface area contributed by atoms with E-state index in [1.165, 1.54) is 0 Å². The van der Waals surface area contributed by atoms with Crippen LogP contribution in [-0.2, 0) is 0 Å². The molecule has 30 heavy (non-hydrogen) atoms. The van der Waals surface area contributed by atoms with Gasteiger partial charge in [-0.25, -0.2) is 0 Å². The Morgan fingerprint density at radius 1 is 0.767 bits per heavy atom. The Morgan fingerprint density at radius 2 is 1.13 bits per heavy atom. The molecule has 0 aliphatic carbocycles. The van der Waals surface area contributed by atoms with Crippen molar-refractivity contribution in [2.45, 2.75) is 39.3 Å². The maximum absolute atomic E-state index is 8.46. The highest BCUT2D eigenvalue weighted by molar-refractivity contribution is 6.84. The molecule has 0 spiro atoms. The fraction of sp³-hybridized carbons (Fsp3) is 0.500.